The van der Waals surface area contributed by atoms with E-state index in [4.69, 9.17) is 9.47 Å². The minimum absolute atomic E-state index is 0.183. The molecule has 0 aliphatic heterocycles. The Balaban J connectivity index is 1.37. The van der Waals surface area contributed by atoms with Crippen molar-refractivity contribution in [2.45, 2.75) is 26.4 Å². The summed E-state index contributed by atoms with van der Waals surface area (Å²) >= 11 is 0. The van der Waals surface area contributed by atoms with Crippen molar-refractivity contribution in [1.82, 2.24) is 5.32 Å². The summed E-state index contributed by atoms with van der Waals surface area (Å²) in [6, 6.07) is 21.9. The zero-order valence-electron chi connectivity index (χ0n) is 19.6. The van der Waals surface area contributed by atoms with Crippen LogP contribution in [-0.2, 0) is 28.9 Å². The van der Waals surface area contributed by atoms with Crippen molar-refractivity contribution in [3.05, 3.63) is 95.1 Å². The van der Waals surface area contributed by atoms with Gasteiger partial charge in [-0.25, -0.2) is 9.59 Å². The second-order valence-corrected chi connectivity index (χ2v) is 8.01. The van der Waals surface area contributed by atoms with Crippen LogP contribution in [0.25, 0.3) is 0 Å². The highest BCUT2D eigenvalue weighted by Crippen LogP contribution is 2.12. The first kappa shape index (κ1) is 25.8. The largest absolute Gasteiger partial charge is 0.488 e. The Bertz CT molecular complexity index is 1120. The summed E-state index contributed by atoms with van der Waals surface area (Å²) < 4.78 is 10.5. The Morgan fingerprint density at radius 2 is 1.63 bits per heavy atom. The molecule has 0 saturated heterocycles. The number of alkyl carbamates (subject to hydrolysis) is 1. The number of amides is 2. The van der Waals surface area contributed by atoms with E-state index < -0.39 is 19.3 Å². The van der Waals surface area contributed by atoms with Crippen LogP contribution in [0, 0.1) is 6.92 Å². The molecule has 0 bridgehead atoms. The monoisotopic (exact) mass is 476 g/mol. The zero-order chi connectivity index (χ0) is 25.0. The third kappa shape index (κ3) is 8.81. The molecule has 2 amide bonds. The van der Waals surface area contributed by atoms with Crippen LogP contribution in [0.2, 0.25) is 0 Å². The zero-order valence-corrected chi connectivity index (χ0v) is 19.6. The fourth-order valence-electron chi connectivity index (χ4n) is 3.46. The van der Waals surface area contributed by atoms with Gasteiger partial charge in [0, 0.05) is 18.7 Å². The van der Waals surface area contributed by atoms with E-state index >= 15 is 0 Å². The van der Waals surface area contributed by atoms with Gasteiger partial charge in [0.15, 0.2) is 0 Å². The Labute approximate surface area is 205 Å². The van der Waals surface area contributed by atoms with E-state index in [0.29, 0.717) is 30.5 Å². The SMILES string of the molecule is Cc1cc(B(O)O)ccc1CCOC(=O)Nc1cccc(CCNC(=O)OCc2ccccc2)c1. The molecule has 3 rings (SSSR count). The molecule has 0 saturated carbocycles. The Morgan fingerprint density at radius 3 is 2.37 bits per heavy atom. The van der Waals surface area contributed by atoms with Gasteiger partial charge in [0.25, 0.3) is 0 Å². The molecule has 0 radical (unpaired) electrons. The lowest BCUT2D eigenvalue weighted by atomic mass is 9.79. The molecule has 9 heteroatoms. The van der Waals surface area contributed by atoms with Gasteiger partial charge < -0.3 is 24.8 Å². The number of rotatable bonds is 10. The van der Waals surface area contributed by atoms with Gasteiger partial charge in [-0.05, 0) is 53.2 Å². The molecule has 0 aromatic heterocycles. The molecule has 3 aromatic carbocycles. The maximum Gasteiger partial charge on any atom is 0.488 e. The normalized spacial score (nSPS) is 10.4. The number of hydrogen-bond donors (Lipinski definition) is 4. The van der Waals surface area contributed by atoms with E-state index in [0.717, 1.165) is 22.3 Å². The first-order valence-corrected chi connectivity index (χ1v) is 11.3. The smallest absolute Gasteiger partial charge is 0.449 e. The number of carbonyl (C=O) groups is 2. The predicted molar refractivity (Wildman–Crippen MR) is 134 cm³/mol. The molecular weight excluding hydrogens is 447 g/mol. The lowest BCUT2D eigenvalue weighted by molar-refractivity contribution is 0.140. The van der Waals surface area contributed by atoms with Gasteiger partial charge in [-0.1, -0.05) is 60.7 Å². The van der Waals surface area contributed by atoms with Gasteiger partial charge in [-0.3, -0.25) is 5.32 Å². The van der Waals surface area contributed by atoms with Gasteiger partial charge >= 0.3 is 19.3 Å². The van der Waals surface area contributed by atoms with Crippen LogP contribution in [0.4, 0.5) is 15.3 Å². The number of aryl methyl sites for hydroxylation is 1. The van der Waals surface area contributed by atoms with Gasteiger partial charge in [-0.2, -0.15) is 0 Å². The molecule has 8 nitrogen and oxygen atoms in total. The molecular formula is C26H29BN2O6. The van der Waals surface area contributed by atoms with E-state index in [1.165, 1.54) is 0 Å². The summed E-state index contributed by atoms with van der Waals surface area (Å²) in [6.07, 6.45) is 0.0320. The molecule has 0 fully saturated rings. The molecule has 4 N–H and O–H groups in total. The summed E-state index contributed by atoms with van der Waals surface area (Å²) in [5, 5.41) is 23.9. The third-order valence-corrected chi connectivity index (χ3v) is 5.34. The maximum atomic E-state index is 12.2. The third-order valence-electron chi connectivity index (χ3n) is 5.34. The average molecular weight is 476 g/mol. The van der Waals surface area contributed by atoms with E-state index in [2.05, 4.69) is 10.6 Å². The van der Waals surface area contributed by atoms with Crippen molar-refractivity contribution in [3.8, 4) is 0 Å². The van der Waals surface area contributed by atoms with Crippen molar-refractivity contribution in [3.63, 3.8) is 0 Å². The van der Waals surface area contributed by atoms with Crippen LogP contribution in [-0.4, -0.2) is 42.5 Å². The summed E-state index contributed by atoms with van der Waals surface area (Å²) in [5.41, 5.74) is 4.72. The van der Waals surface area contributed by atoms with Gasteiger partial charge in [0.2, 0.25) is 0 Å². The first-order valence-electron chi connectivity index (χ1n) is 11.3. The molecule has 182 valence electrons. The minimum atomic E-state index is -1.51. The summed E-state index contributed by atoms with van der Waals surface area (Å²) in [7, 11) is -1.51. The van der Waals surface area contributed by atoms with Gasteiger partial charge in [0.05, 0.1) is 6.61 Å². The van der Waals surface area contributed by atoms with Crippen LogP contribution in [0.5, 0.6) is 0 Å². The number of carbonyl (C=O) groups excluding carboxylic acids is 2. The lowest BCUT2D eigenvalue weighted by Gasteiger charge is -2.11. The molecule has 0 aliphatic carbocycles. The molecule has 0 aliphatic rings. The van der Waals surface area contributed by atoms with Crippen LogP contribution >= 0.6 is 0 Å². The molecule has 0 atom stereocenters. The predicted octanol–water partition coefficient (Wildman–Crippen LogP) is 2.93. The van der Waals surface area contributed by atoms with E-state index in [-0.39, 0.29) is 13.2 Å². The van der Waals surface area contributed by atoms with Crippen LogP contribution < -0.4 is 16.1 Å². The fourth-order valence-corrected chi connectivity index (χ4v) is 3.46. The highest BCUT2D eigenvalue weighted by Gasteiger charge is 2.12. The van der Waals surface area contributed by atoms with Crippen molar-refractivity contribution in [1.29, 1.82) is 0 Å². The average Bonchev–Trinajstić information content (AvgIpc) is 2.84. The van der Waals surface area contributed by atoms with Crippen LogP contribution in [0.15, 0.2) is 72.8 Å². The molecule has 3 aromatic rings. The van der Waals surface area contributed by atoms with Crippen LogP contribution in [0.1, 0.15) is 22.3 Å². The van der Waals surface area contributed by atoms with E-state index in [1.807, 2.05) is 55.5 Å². The topological polar surface area (TPSA) is 117 Å². The molecule has 0 heterocycles. The second kappa shape index (κ2) is 13.2. The van der Waals surface area contributed by atoms with Crippen molar-refractivity contribution in [2.24, 2.45) is 0 Å². The summed E-state index contributed by atoms with van der Waals surface area (Å²) in [5.74, 6) is 0. The number of nitrogens with one attached hydrogen (secondary N) is 2. The van der Waals surface area contributed by atoms with Gasteiger partial charge in [0.1, 0.15) is 6.61 Å². The van der Waals surface area contributed by atoms with E-state index in [9.17, 15) is 19.6 Å². The quantitative estimate of drug-likeness (QED) is 0.335. The highest BCUT2D eigenvalue weighted by molar-refractivity contribution is 6.58. The van der Waals surface area contributed by atoms with E-state index in [1.54, 1.807) is 24.3 Å². The highest BCUT2D eigenvalue weighted by atomic mass is 16.6. The Morgan fingerprint density at radius 1 is 0.857 bits per heavy atom. The minimum Gasteiger partial charge on any atom is -0.449 e. The maximum absolute atomic E-state index is 12.2. The second-order valence-electron chi connectivity index (χ2n) is 8.01. The van der Waals surface area contributed by atoms with Gasteiger partial charge in [-0.15, -0.1) is 0 Å². The molecule has 0 spiro atoms. The van der Waals surface area contributed by atoms with Crippen molar-refractivity contribution < 1.29 is 29.1 Å². The fraction of sp³-hybridized carbons (Fsp3) is 0.231. The summed E-state index contributed by atoms with van der Waals surface area (Å²) in [6.45, 7) is 2.66. The molecule has 35 heavy (non-hydrogen) atoms. The Kier molecular flexibility index (Phi) is 9.71. The number of hydrogen-bond acceptors (Lipinski definition) is 6. The summed E-state index contributed by atoms with van der Waals surface area (Å²) in [4.78, 5) is 24.0. The number of anilines is 1. The van der Waals surface area contributed by atoms with Crippen molar-refractivity contribution in [2.75, 3.05) is 18.5 Å². The number of ether oxygens (including phenoxy) is 2. The van der Waals surface area contributed by atoms with Crippen molar-refractivity contribution >= 4 is 30.5 Å². The standard InChI is InChI=1S/C26H29BN2O6/c1-19-16-23(27(32)33)11-10-22(19)13-15-34-26(31)29-24-9-5-8-20(17-24)12-14-28-25(30)35-18-21-6-3-2-4-7-21/h2-11,16-17,32-33H,12-15,18H2,1H3,(H,28,30)(H,29,31). The molecule has 0 unspecified atom stereocenters. The van der Waals surface area contributed by atoms with Crippen LogP contribution in [0.3, 0.4) is 0 Å². The lowest BCUT2D eigenvalue weighted by Crippen LogP contribution is -2.30. The first-order chi connectivity index (χ1) is 16.9. The number of benzene rings is 3. The Hall–Kier alpha value is -3.82.